The molecule has 2 aliphatic rings. The van der Waals surface area contributed by atoms with Gasteiger partial charge in [-0.2, -0.15) is 0 Å². The van der Waals surface area contributed by atoms with Gasteiger partial charge in [-0.15, -0.1) is 0 Å². The number of esters is 1. The topological polar surface area (TPSA) is 46.5 Å². The van der Waals surface area contributed by atoms with Gasteiger partial charge in [0.1, 0.15) is 12.6 Å². The Labute approximate surface area is 171 Å². The highest BCUT2D eigenvalue weighted by Gasteiger charge is 2.52. The number of benzene rings is 2. The zero-order valence-electron chi connectivity index (χ0n) is 16.1. The Morgan fingerprint density at radius 1 is 1.11 bits per heavy atom. The first-order valence-corrected chi connectivity index (χ1v) is 10.4. The second-order valence-corrected chi connectivity index (χ2v) is 8.80. The normalized spacial score (nSPS) is 30.0. The minimum absolute atomic E-state index is 0.111. The van der Waals surface area contributed by atoms with Gasteiger partial charge in [-0.05, 0) is 17.7 Å². The van der Waals surface area contributed by atoms with Crippen LogP contribution < -0.4 is 0 Å². The number of hydrogen-bond acceptors (Lipinski definition) is 3. The van der Waals surface area contributed by atoms with Crippen LogP contribution >= 0.6 is 11.6 Å². The van der Waals surface area contributed by atoms with E-state index in [4.69, 9.17) is 16.3 Å². The molecule has 4 rings (SSSR count). The van der Waals surface area contributed by atoms with Crippen molar-refractivity contribution in [3.8, 4) is 0 Å². The fraction of sp³-hybridized carbons (Fsp3) is 0.435. The number of aliphatic hydroxyl groups excluding tert-OH is 1. The van der Waals surface area contributed by atoms with E-state index < -0.39 is 12.1 Å². The summed E-state index contributed by atoms with van der Waals surface area (Å²) >= 11 is 6.02. The van der Waals surface area contributed by atoms with E-state index in [1.807, 2.05) is 30.3 Å². The lowest BCUT2D eigenvalue weighted by atomic mass is 9.95. The highest BCUT2D eigenvalue weighted by Crippen LogP contribution is 2.43. The molecule has 0 aromatic heterocycles. The number of ether oxygens (including phenoxy) is 1. The van der Waals surface area contributed by atoms with Crippen LogP contribution in [-0.4, -0.2) is 40.8 Å². The zero-order valence-corrected chi connectivity index (χ0v) is 16.9. The van der Waals surface area contributed by atoms with Crippen LogP contribution in [0.25, 0.3) is 0 Å². The molecular weight excluding hydrogens is 374 g/mol. The van der Waals surface area contributed by atoms with Gasteiger partial charge in [0.25, 0.3) is 0 Å². The summed E-state index contributed by atoms with van der Waals surface area (Å²) < 4.78 is 6.73. The maximum absolute atomic E-state index is 12.4. The molecule has 1 N–H and O–H groups in total. The van der Waals surface area contributed by atoms with Crippen LogP contribution in [0.3, 0.4) is 0 Å². The quantitative estimate of drug-likeness (QED) is 0.602. The molecule has 4 nitrogen and oxygen atoms in total. The molecule has 0 saturated carbocycles. The Hall–Kier alpha value is -1.88. The predicted octanol–water partition coefficient (Wildman–Crippen LogP) is 4.26. The van der Waals surface area contributed by atoms with Crippen LogP contribution in [0.15, 0.2) is 54.6 Å². The Balaban J connectivity index is 1.40. The number of piperidine rings is 1. The lowest BCUT2D eigenvalue weighted by molar-refractivity contribution is -0.961. The van der Waals surface area contributed by atoms with Gasteiger partial charge in [0.05, 0.1) is 19.1 Å². The molecule has 148 valence electrons. The Morgan fingerprint density at radius 3 is 2.32 bits per heavy atom. The lowest BCUT2D eigenvalue weighted by Gasteiger charge is -2.47. The fourth-order valence-corrected chi connectivity index (χ4v) is 5.16. The first-order chi connectivity index (χ1) is 13.5. The van der Waals surface area contributed by atoms with Crippen molar-refractivity contribution in [1.82, 2.24) is 0 Å². The Morgan fingerprint density at radius 2 is 1.71 bits per heavy atom. The van der Waals surface area contributed by atoms with Crippen molar-refractivity contribution in [3.63, 3.8) is 0 Å². The number of fused-ring (bicyclic) bond motifs is 2. The molecule has 2 fully saturated rings. The van der Waals surface area contributed by atoms with Crippen LogP contribution in [0, 0.1) is 0 Å². The third-order valence-electron chi connectivity index (χ3n) is 6.63. The summed E-state index contributed by atoms with van der Waals surface area (Å²) in [7, 11) is 2.33. The average molecular weight is 401 g/mol. The highest BCUT2D eigenvalue weighted by atomic mass is 35.5. The monoisotopic (exact) mass is 400 g/mol. The predicted molar refractivity (Wildman–Crippen MR) is 109 cm³/mol. The smallest absolute Gasteiger partial charge is 0.339 e. The summed E-state index contributed by atoms with van der Waals surface area (Å²) in [5, 5.41) is 11.1. The van der Waals surface area contributed by atoms with E-state index in [0.717, 1.165) is 41.7 Å². The van der Waals surface area contributed by atoms with E-state index in [1.54, 1.807) is 12.1 Å². The number of nitrogens with zero attached hydrogens (tertiary/aromatic N) is 1. The molecule has 0 amide bonds. The zero-order chi connectivity index (χ0) is 19.7. The van der Waals surface area contributed by atoms with E-state index in [-0.39, 0.29) is 6.10 Å². The molecule has 0 radical (unpaired) electrons. The summed E-state index contributed by atoms with van der Waals surface area (Å²) in [5.74, 6) is -0.538. The molecule has 2 aromatic rings. The number of carbonyl (C=O) groups excluding carboxylic acids is 1. The Bertz CT molecular complexity index is 810. The first kappa shape index (κ1) is 19.4. The molecular formula is C23H27ClNO3+. The number of halogens is 1. The van der Waals surface area contributed by atoms with Crippen molar-refractivity contribution >= 4 is 17.6 Å². The van der Waals surface area contributed by atoms with Crippen molar-refractivity contribution in [3.05, 3.63) is 70.7 Å². The van der Waals surface area contributed by atoms with E-state index >= 15 is 0 Å². The SMILES string of the molecule is C[N+]1(Cc2ccc(Cl)cc2)C2CCC1CC(OC(=O)C(O)c1ccccc1)C2. The molecule has 2 aliphatic heterocycles. The minimum atomic E-state index is -1.21. The van der Waals surface area contributed by atoms with Gasteiger partial charge in [0, 0.05) is 36.3 Å². The van der Waals surface area contributed by atoms with Crippen molar-refractivity contribution in [1.29, 1.82) is 0 Å². The number of hydrogen-bond donors (Lipinski definition) is 1. The van der Waals surface area contributed by atoms with Gasteiger partial charge in [0.2, 0.25) is 0 Å². The third kappa shape index (κ3) is 3.82. The van der Waals surface area contributed by atoms with Crippen LogP contribution in [0.5, 0.6) is 0 Å². The highest BCUT2D eigenvalue weighted by molar-refractivity contribution is 6.30. The minimum Gasteiger partial charge on any atom is -0.460 e. The summed E-state index contributed by atoms with van der Waals surface area (Å²) in [5.41, 5.74) is 1.87. The second kappa shape index (κ2) is 7.86. The van der Waals surface area contributed by atoms with Crippen LogP contribution in [0.4, 0.5) is 0 Å². The largest absolute Gasteiger partial charge is 0.460 e. The standard InChI is InChI=1S/C23H27ClNO3/c1-25(15-16-7-9-18(24)10-8-16)19-11-12-20(25)14-21(13-19)28-23(27)22(26)17-5-3-2-4-6-17/h2-10,19-22,26H,11-15H2,1H3/q+1. The summed E-state index contributed by atoms with van der Waals surface area (Å²) in [6.45, 7) is 0.972. The first-order valence-electron chi connectivity index (χ1n) is 9.98. The van der Waals surface area contributed by atoms with Crippen molar-refractivity contribution in [2.24, 2.45) is 0 Å². The molecule has 3 unspecified atom stereocenters. The second-order valence-electron chi connectivity index (χ2n) is 8.36. The summed E-state index contributed by atoms with van der Waals surface area (Å²) in [6.07, 6.45) is 2.70. The van der Waals surface area contributed by atoms with E-state index in [2.05, 4.69) is 19.2 Å². The molecule has 2 aromatic carbocycles. The maximum Gasteiger partial charge on any atom is 0.339 e. The molecule has 0 spiro atoms. The van der Waals surface area contributed by atoms with Crippen LogP contribution in [0.2, 0.25) is 5.02 Å². The molecule has 5 heteroatoms. The van der Waals surface area contributed by atoms with E-state index in [9.17, 15) is 9.90 Å². The summed E-state index contributed by atoms with van der Waals surface area (Å²) in [4.78, 5) is 12.4. The molecule has 3 atom stereocenters. The van der Waals surface area contributed by atoms with E-state index in [1.165, 1.54) is 5.56 Å². The van der Waals surface area contributed by atoms with Gasteiger partial charge >= 0.3 is 5.97 Å². The van der Waals surface area contributed by atoms with Gasteiger partial charge in [-0.3, -0.25) is 0 Å². The maximum atomic E-state index is 12.4. The van der Waals surface area contributed by atoms with Crippen molar-refractivity contribution < 1.29 is 19.1 Å². The molecule has 2 saturated heterocycles. The summed E-state index contributed by atoms with van der Waals surface area (Å²) in [6, 6.07) is 18.0. The van der Waals surface area contributed by atoms with Crippen molar-refractivity contribution in [2.75, 3.05) is 7.05 Å². The Kier molecular flexibility index (Phi) is 5.46. The third-order valence-corrected chi connectivity index (χ3v) is 6.88. The lowest BCUT2D eigenvalue weighted by Crippen LogP contribution is -2.58. The number of carbonyl (C=O) groups is 1. The van der Waals surface area contributed by atoms with Gasteiger partial charge in [0.15, 0.2) is 6.10 Å². The number of quaternary nitrogens is 1. The molecule has 0 aliphatic carbocycles. The van der Waals surface area contributed by atoms with Crippen LogP contribution in [0.1, 0.15) is 42.9 Å². The van der Waals surface area contributed by atoms with Gasteiger partial charge in [-0.25, -0.2) is 4.79 Å². The fourth-order valence-electron chi connectivity index (χ4n) is 5.03. The number of aliphatic hydroxyl groups is 1. The van der Waals surface area contributed by atoms with E-state index in [0.29, 0.717) is 17.6 Å². The average Bonchev–Trinajstić information content (AvgIpc) is 2.86. The van der Waals surface area contributed by atoms with Crippen LogP contribution in [-0.2, 0) is 16.1 Å². The number of rotatable bonds is 5. The molecule has 28 heavy (non-hydrogen) atoms. The molecule has 2 bridgehead atoms. The molecule has 2 heterocycles. The van der Waals surface area contributed by atoms with Gasteiger partial charge in [-0.1, -0.05) is 54.1 Å². The van der Waals surface area contributed by atoms with Gasteiger partial charge < -0.3 is 14.3 Å². The van der Waals surface area contributed by atoms with Crippen molar-refractivity contribution in [2.45, 2.75) is 56.5 Å².